The van der Waals surface area contributed by atoms with E-state index in [1.165, 1.54) is 34.6 Å². The molecule has 0 saturated carbocycles. The van der Waals surface area contributed by atoms with Crippen LogP contribution in [0.15, 0.2) is 8.55 Å². The van der Waals surface area contributed by atoms with Crippen LogP contribution in [0.25, 0.3) is 0 Å². The molecular formula is C8H6ClN5S3. The van der Waals surface area contributed by atoms with Crippen molar-refractivity contribution >= 4 is 51.4 Å². The van der Waals surface area contributed by atoms with Crippen molar-refractivity contribution in [2.45, 2.75) is 15.5 Å². The number of anilines is 1. The molecule has 5 nitrogen and oxygen atoms in total. The lowest BCUT2D eigenvalue weighted by atomic mass is 10.4. The van der Waals surface area contributed by atoms with Gasteiger partial charge in [0.25, 0.3) is 0 Å². The largest absolute Gasteiger partial charge is 0.360 e. The second-order valence-corrected chi connectivity index (χ2v) is 6.38. The summed E-state index contributed by atoms with van der Waals surface area (Å²) in [5.41, 5.74) is 0.405. The summed E-state index contributed by atoms with van der Waals surface area (Å²) >= 11 is 9.78. The molecule has 0 aromatic carbocycles. The van der Waals surface area contributed by atoms with Crippen LogP contribution in [0, 0.1) is 11.3 Å². The molecule has 0 aliphatic rings. The maximum absolute atomic E-state index is 8.93. The maximum Gasteiger partial charge on any atom is 0.206 e. The first-order valence-corrected chi connectivity index (χ1v) is 7.33. The van der Waals surface area contributed by atoms with Gasteiger partial charge in [-0.15, -0.1) is 10.2 Å². The molecule has 0 bridgehead atoms. The first-order valence-electron chi connectivity index (χ1n) is 4.55. The van der Waals surface area contributed by atoms with Gasteiger partial charge in [-0.2, -0.15) is 9.64 Å². The molecule has 0 aliphatic heterocycles. The summed E-state index contributed by atoms with van der Waals surface area (Å²) in [6.07, 6.45) is 0. The van der Waals surface area contributed by atoms with E-state index < -0.39 is 0 Å². The molecule has 0 unspecified atom stereocenters. The van der Waals surface area contributed by atoms with E-state index >= 15 is 0 Å². The minimum Gasteiger partial charge on any atom is -0.360 e. The SMILES string of the molecule is CCNc1nnc(Sc2snc(Cl)c2C#N)s1. The second kappa shape index (κ2) is 5.64. The van der Waals surface area contributed by atoms with Gasteiger partial charge in [0.05, 0.1) is 0 Å². The maximum atomic E-state index is 8.93. The molecule has 0 fully saturated rings. The van der Waals surface area contributed by atoms with Gasteiger partial charge in [-0.05, 0) is 30.2 Å². The molecule has 0 radical (unpaired) electrons. The first-order chi connectivity index (χ1) is 8.24. The van der Waals surface area contributed by atoms with E-state index in [2.05, 4.69) is 19.9 Å². The Hall–Kier alpha value is -0.880. The molecule has 17 heavy (non-hydrogen) atoms. The zero-order valence-electron chi connectivity index (χ0n) is 8.60. The van der Waals surface area contributed by atoms with Crippen LogP contribution in [0.2, 0.25) is 5.15 Å². The van der Waals surface area contributed by atoms with E-state index in [-0.39, 0.29) is 5.15 Å². The standard InChI is InChI=1S/C8H6ClN5S3/c1-2-11-7-12-13-8(16-7)15-6-4(3-10)5(9)14-17-6/h2H2,1H3,(H,11,12). The molecule has 2 heterocycles. The van der Waals surface area contributed by atoms with Crippen molar-refractivity contribution in [2.75, 3.05) is 11.9 Å². The number of hydrogen-bond donors (Lipinski definition) is 1. The van der Waals surface area contributed by atoms with Gasteiger partial charge < -0.3 is 5.32 Å². The van der Waals surface area contributed by atoms with Crippen LogP contribution in [-0.4, -0.2) is 21.1 Å². The Morgan fingerprint density at radius 1 is 1.53 bits per heavy atom. The summed E-state index contributed by atoms with van der Waals surface area (Å²) in [4.78, 5) is 0. The van der Waals surface area contributed by atoms with Crippen LogP contribution in [0.3, 0.4) is 0 Å². The molecule has 2 aromatic rings. The molecule has 88 valence electrons. The lowest BCUT2D eigenvalue weighted by Crippen LogP contribution is -1.94. The molecular weight excluding hydrogens is 298 g/mol. The zero-order chi connectivity index (χ0) is 12.3. The molecule has 0 amide bonds. The van der Waals surface area contributed by atoms with E-state index in [4.69, 9.17) is 16.9 Å². The third kappa shape index (κ3) is 2.87. The van der Waals surface area contributed by atoms with Crippen molar-refractivity contribution in [1.82, 2.24) is 14.6 Å². The number of nitrogens with one attached hydrogen (secondary N) is 1. The van der Waals surface area contributed by atoms with E-state index in [0.29, 0.717) is 5.56 Å². The van der Waals surface area contributed by atoms with E-state index in [1.54, 1.807) is 0 Å². The fourth-order valence-corrected chi connectivity index (χ4v) is 4.15. The van der Waals surface area contributed by atoms with Gasteiger partial charge in [0, 0.05) is 6.54 Å². The van der Waals surface area contributed by atoms with Crippen LogP contribution in [0.5, 0.6) is 0 Å². The van der Waals surface area contributed by atoms with E-state index in [9.17, 15) is 0 Å². The molecule has 0 saturated heterocycles. The van der Waals surface area contributed by atoms with Crippen LogP contribution < -0.4 is 5.32 Å². The van der Waals surface area contributed by atoms with Gasteiger partial charge in [-0.1, -0.05) is 22.9 Å². The predicted molar refractivity (Wildman–Crippen MR) is 70.0 cm³/mol. The van der Waals surface area contributed by atoms with Gasteiger partial charge in [-0.25, -0.2) is 0 Å². The second-order valence-electron chi connectivity index (χ2n) is 2.75. The Balaban J connectivity index is 2.17. The minimum atomic E-state index is 0.247. The minimum absolute atomic E-state index is 0.247. The molecule has 2 aromatic heterocycles. The van der Waals surface area contributed by atoms with Crippen LogP contribution >= 0.6 is 46.2 Å². The normalized spacial score (nSPS) is 10.2. The van der Waals surface area contributed by atoms with E-state index in [1.807, 2.05) is 13.0 Å². The third-order valence-corrected chi connectivity index (χ3v) is 4.96. The van der Waals surface area contributed by atoms with Gasteiger partial charge in [0.15, 0.2) is 9.49 Å². The molecule has 1 N–H and O–H groups in total. The highest BCUT2D eigenvalue weighted by Crippen LogP contribution is 2.38. The van der Waals surface area contributed by atoms with Crippen LogP contribution in [0.1, 0.15) is 12.5 Å². The Kier molecular flexibility index (Phi) is 4.17. The number of rotatable bonds is 4. The summed E-state index contributed by atoms with van der Waals surface area (Å²) in [6.45, 7) is 2.79. The average Bonchev–Trinajstić information content (AvgIpc) is 2.88. The monoisotopic (exact) mass is 303 g/mol. The quantitative estimate of drug-likeness (QED) is 0.935. The number of hydrogen-bond acceptors (Lipinski definition) is 8. The van der Waals surface area contributed by atoms with Crippen molar-refractivity contribution in [2.24, 2.45) is 0 Å². The van der Waals surface area contributed by atoms with E-state index in [0.717, 1.165) is 20.2 Å². The van der Waals surface area contributed by atoms with Crippen LogP contribution in [0.4, 0.5) is 5.13 Å². The van der Waals surface area contributed by atoms with Crippen molar-refractivity contribution in [1.29, 1.82) is 5.26 Å². The summed E-state index contributed by atoms with van der Waals surface area (Å²) in [5.74, 6) is 0. The Labute approximate surface area is 115 Å². The predicted octanol–water partition coefficient (Wildman–Crippen LogP) is 3.10. The highest BCUT2D eigenvalue weighted by molar-refractivity contribution is 8.02. The lowest BCUT2D eigenvalue weighted by molar-refractivity contribution is 1.00. The average molecular weight is 304 g/mol. The fraction of sp³-hybridized carbons (Fsp3) is 0.250. The fourth-order valence-electron chi connectivity index (χ4n) is 0.971. The van der Waals surface area contributed by atoms with Crippen molar-refractivity contribution in [3.63, 3.8) is 0 Å². The van der Waals surface area contributed by atoms with Crippen molar-refractivity contribution < 1.29 is 0 Å². The number of nitrogens with zero attached hydrogens (tertiary/aromatic N) is 4. The van der Waals surface area contributed by atoms with Gasteiger partial charge in [0.2, 0.25) is 5.13 Å². The molecule has 0 spiro atoms. The topological polar surface area (TPSA) is 74.5 Å². The summed E-state index contributed by atoms with van der Waals surface area (Å²) in [6, 6.07) is 2.03. The van der Waals surface area contributed by atoms with Crippen molar-refractivity contribution in [3.05, 3.63) is 10.7 Å². The number of nitriles is 1. The number of aromatic nitrogens is 3. The highest BCUT2D eigenvalue weighted by atomic mass is 35.5. The smallest absolute Gasteiger partial charge is 0.206 e. The van der Waals surface area contributed by atoms with Crippen LogP contribution in [-0.2, 0) is 0 Å². The molecule has 2 rings (SSSR count). The van der Waals surface area contributed by atoms with Gasteiger partial charge >= 0.3 is 0 Å². The Bertz CT molecular complexity index is 558. The van der Waals surface area contributed by atoms with Gasteiger partial charge in [0.1, 0.15) is 15.8 Å². The summed E-state index contributed by atoms with van der Waals surface area (Å²) < 4.78 is 5.44. The van der Waals surface area contributed by atoms with Gasteiger partial charge in [-0.3, -0.25) is 0 Å². The first kappa shape index (κ1) is 12.6. The Morgan fingerprint density at radius 2 is 2.35 bits per heavy atom. The summed E-state index contributed by atoms with van der Waals surface area (Å²) in [5, 5.41) is 21.0. The molecule has 0 atom stereocenters. The zero-order valence-corrected chi connectivity index (χ0v) is 11.8. The Morgan fingerprint density at radius 3 is 3.06 bits per heavy atom. The molecule has 9 heteroatoms. The highest BCUT2D eigenvalue weighted by Gasteiger charge is 2.15. The number of halogens is 1. The lowest BCUT2D eigenvalue weighted by Gasteiger charge is -1.92. The molecule has 0 aliphatic carbocycles. The van der Waals surface area contributed by atoms with Crippen molar-refractivity contribution in [3.8, 4) is 6.07 Å². The third-order valence-electron chi connectivity index (χ3n) is 1.65. The summed E-state index contributed by atoms with van der Waals surface area (Å²) in [7, 11) is 0.